The summed E-state index contributed by atoms with van der Waals surface area (Å²) in [4.78, 5) is 32.2. The van der Waals surface area contributed by atoms with Crippen molar-refractivity contribution in [2.75, 3.05) is 20.1 Å². The van der Waals surface area contributed by atoms with Crippen LogP contribution in [-0.2, 0) is 6.54 Å². The van der Waals surface area contributed by atoms with Crippen LogP contribution in [0.25, 0.3) is 11.3 Å². The number of hydrogen-bond acceptors (Lipinski definition) is 5. The van der Waals surface area contributed by atoms with E-state index < -0.39 is 0 Å². The first-order chi connectivity index (χ1) is 18.5. The van der Waals surface area contributed by atoms with Crippen LogP contribution in [0.1, 0.15) is 33.6 Å². The average molecular weight is 575 g/mol. The number of halogens is 2. The van der Waals surface area contributed by atoms with Crippen LogP contribution < -0.4 is 10.6 Å². The third-order valence-electron chi connectivity index (χ3n) is 7.03. The predicted octanol–water partition coefficient (Wildman–Crippen LogP) is 3.68. The fourth-order valence-electron chi connectivity index (χ4n) is 4.98. The first-order valence-corrected chi connectivity index (χ1v) is 13.3. The molecule has 1 atom stereocenters. The largest absolute Gasteiger partial charge is 0.347 e. The highest BCUT2D eigenvalue weighted by atomic mass is 79.9. The number of likely N-dealkylation sites (N-methyl/N-ethyl adjacent to an activating group) is 1. The van der Waals surface area contributed by atoms with Gasteiger partial charge in [-0.05, 0) is 59.7 Å². The number of amides is 1. The van der Waals surface area contributed by atoms with E-state index in [0.29, 0.717) is 41.1 Å². The number of aliphatic imine (C=N–C) groups is 1. The van der Waals surface area contributed by atoms with Gasteiger partial charge in [0, 0.05) is 59.7 Å². The van der Waals surface area contributed by atoms with E-state index in [1.54, 1.807) is 24.4 Å². The SMILES string of the molecule is CNC1CCN(C(=O)c2ccc([NH2+]c3ncc4c(n3)-c3cc(Br)[nH]c3C(c3ccccc3F)=NC4)cc2)C1. The summed E-state index contributed by atoms with van der Waals surface area (Å²) in [5.74, 6) is 0.256. The number of benzene rings is 2. The van der Waals surface area contributed by atoms with E-state index in [1.165, 1.54) is 6.07 Å². The molecule has 1 unspecified atom stereocenters. The Hall–Kier alpha value is -3.73. The highest BCUT2D eigenvalue weighted by Gasteiger charge is 2.27. The number of quaternary nitrogens is 1. The Bertz CT molecular complexity index is 1550. The number of carbonyl (C=O) groups is 1. The quantitative estimate of drug-likeness (QED) is 0.316. The minimum Gasteiger partial charge on any atom is -0.347 e. The van der Waals surface area contributed by atoms with Crippen LogP contribution in [0.5, 0.6) is 0 Å². The number of carbonyl (C=O) groups excluding carboxylic acids is 1. The van der Waals surface area contributed by atoms with Gasteiger partial charge in [-0.2, -0.15) is 9.97 Å². The van der Waals surface area contributed by atoms with Crippen molar-refractivity contribution >= 4 is 39.2 Å². The molecule has 0 saturated carbocycles. The van der Waals surface area contributed by atoms with Gasteiger partial charge in [-0.25, -0.2) is 9.71 Å². The molecular weight excluding hydrogens is 549 g/mol. The van der Waals surface area contributed by atoms with Crippen molar-refractivity contribution in [2.24, 2.45) is 4.99 Å². The van der Waals surface area contributed by atoms with Crippen LogP contribution in [0.3, 0.4) is 0 Å². The van der Waals surface area contributed by atoms with E-state index in [4.69, 9.17) is 9.98 Å². The van der Waals surface area contributed by atoms with Crippen LogP contribution in [0.2, 0.25) is 0 Å². The average Bonchev–Trinajstić information content (AvgIpc) is 3.54. The van der Waals surface area contributed by atoms with Gasteiger partial charge in [0.05, 0.1) is 28.2 Å². The zero-order valence-electron chi connectivity index (χ0n) is 20.7. The van der Waals surface area contributed by atoms with Gasteiger partial charge in [-0.15, -0.1) is 0 Å². The maximum absolute atomic E-state index is 14.7. The standard InChI is InChI=1S/C28H25BrFN7O/c1-31-19-10-11-37(15-19)27(38)16-6-8-18(9-7-16)34-28-33-14-17-13-32-25(20-4-2-3-5-22(20)30)26-21(24(17)36-28)12-23(29)35-26/h2-9,12,14,19,31,35H,10-11,13,15H2,1H3,(H,33,34,36)/p+1. The molecule has 1 amide bonds. The molecule has 2 aliphatic rings. The van der Waals surface area contributed by atoms with Crippen molar-refractivity contribution in [1.29, 1.82) is 0 Å². The molecule has 4 heterocycles. The Kier molecular flexibility index (Phi) is 6.61. The summed E-state index contributed by atoms with van der Waals surface area (Å²) in [6.07, 6.45) is 2.74. The lowest BCUT2D eigenvalue weighted by Crippen LogP contribution is -2.72. The number of likely N-dealkylation sites (tertiary alicyclic amines) is 1. The molecule has 0 bridgehead atoms. The Balaban J connectivity index is 1.26. The number of H-pyrrole nitrogens is 1. The molecule has 4 N–H and O–H groups in total. The second-order valence-corrected chi connectivity index (χ2v) is 10.3. The summed E-state index contributed by atoms with van der Waals surface area (Å²) >= 11 is 3.52. The molecule has 4 aromatic rings. The van der Waals surface area contributed by atoms with Gasteiger partial charge in [-0.3, -0.25) is 9.79 Å². The van der Waals surface area contributed by atoms with Gasteiger partial charge in [0.15, 0.2) is 0 Å². The zero-order chi connectivity index (χ0) is 26.2. The van der Waals surface area contributed by atoms with E-state index >= 15 is 0 Å². The van der Waals surface area contributed by atoms with E-state index in [9.17, 15) is 9.18 Å². The zero-order valence-corrected chi connectivity index (χ0v) is 22.3. The van der Waals surface area contributed by atoms with Crippen LogP contribution in [0.15, 0.2) is 70.4 Å². The van der Waals surface area contributed by atoms with Crippen molar-refractivity contribution in [1.82, 2.24) is 25.2 Å². The highest BCUT2D eigenvalue weighted by Crippen LogP contribution is 2.34. The number of aromatic nitrogens is 3. The van der Waals surface area contributed by atoms with Crippen LogP contribution in [-0.4, -0.2) is 57.6 Å². The molecule has 1 saturated heterocycles. The summed E-state index contributed by atoms with van der Waals surface area (Å²) < 4.78 is 15.4. The molecule has 2 aromatic carbocycles. The fraction of sp³-hybridized carbons (Fsp3) is 0.214. The summed E-state index contributed by atoms with van der Waals surface area (Å²) in [5.41, 5.74) is 5.67. The summed E-state index contributed by atoms with van der Waals surface area (Å²) in [5, 5.41) is 5.12. The summed E-state index contributed by atoms with van der Waals surface area (Å²) in [6.45, 7) is 1.83. The predicted molar refractivity (Wildman–Crippen MR) is 146 cm³/mol. The maximum Gasteiger partial charge on any atom is 0.331 e. The van der Waals surface area contributed by atoms with Crippen molar-refractivity contribution in [3.8, 4) is 11.3 Å². The Labute approximate surface area is 227 Å². The van der Waals surface area contributed by atoms with Gasteiger partial charge in [-0.1, -0.05) is 12.1 Å². The maximum atomic E-state index is 14.7. The van der Waals surface area contributed by atoms with Gasteiger partial charge in [0.25, 0.3) is 5.91 Å². The summed E-state index contributed by atoms with van der Waals surface area (Å²) in [6, 6.07) is 16.4. The third kappa shape index (κ3) is 4.66. The number of nitrogens with zero attached hydrogens (tertiary/aromatic N) is 4. The Morgan fingerprint density at radius 2 is 2.00 bits per heavy atom. The molecule has 10 heteroatoms. The smallest absolute Gasteiger partial charge is 0.331 e. The van der Waals surface area contributed by atoms with E-state index in [-0.39, 0.29) is 11.7 Å². The first kappa shape index (κ1) is 24.6. The Morgan fingerprint density at radius 3 is 2.76 bits per heavy atom. The minimum atomic E-state index is -0.331. The molecule has 8 nitrogen and oxygen atoms in total. The lowest BCUT2D eigenvalue weighted by molar-refractivity contribution is -0.487. The van der Waals surface area contributed by atoms with Gasteiger partial charge < -0.3 is 15.2 Å². The van der Waals surface area contributed by atoms with Gasteiger partial charge >= 0.3 is 5.95 Å². The first-order valence-electron chi connectivity index (χ1n) is 12.5. The minimum absolute atomic E-state index is 0.0480. The fourth-order valence-corrected chi connectivity index (χ4v) is 5.41. The van der Waals surface area contributed by atoms with Crippen molar-refractivity contribution in [2.45, 2.75) is 19.0 Å². The number of nitrogens with one attached hydrogen (secondary N) is 2. The number of rotatable bonds is 5. The molecule has 2 aromatic heterocycles. The van der Waals surface area contributed by atoms with Crippen molar-refractivity contribution in [3.05, 3.63) is 93.6 Å². The lowest BCUT2D eigenvalue weighted by atomic mass is 10.0. The van der Waals surface area contributed by atoms with Crippen molar-refractivity contribution < 1.29 is 14.5 Å². The van der Waals surface area contributed by atoms with Crippen LogP contribution in [0.4, 0.5) is 16.0 Å². The number of nitrogens with two attached hydrogens (primary N) is 1. The lowest BCUT2D eigenvalue weighted by Gasteiger charge is -2.16. The molecule has 38 heavy (non-hydrogen) atoms. The normalized spacial score (nSPS) is 16.6. The molecule has 1 fully saturated rings. The molecule has 6 rings (SSSR count). The highest BCUT2D eigenvalue weighted by molar-refractivity contribution is 9.10. The number of hydrogen-bond donors (Lipinski definition) is 3. The second-order valence-electron chi connectivity index (χ2n) is 9.44. The number of fused-ring (bicyclic) bond motifs is 3. The molecular formula is C28H26BrFN7O+. The molecule has 0 spiro atoms. The van der Waals surface area contributed by atoms with Gasteiger partial charge in [0.1, 0.15) is 11.5 Å². The van der Waals surface area contributed by atoms with E-state index in [2.05, 4.69) is 31.2 Å². The topological polar surface area (TPSA) is 103 Å². The summed E-state index contributed by atoms with van der Waals surface area (Å²) in [7, 11) is 1.93. The molecule has 2 aliphatic heterocycles. The van der Waals surface area contributed by atoms with E-state index in [0.717, 1.165) is 46.6 Å². The van der Waals surface area contributed by atoms with E-state index in [1.807, 2.05) is 47.6 Å². The van der Waals surface area contributed by atoms with Crippen LogP contribution >= 0.6 is 15.9 Å². The Morgan fingerprint density at radius 1 is 1.18 bits per heavy atom. The van der Waals surface area contributed by atoms with Gasteiger partial charge in [0.2, 0.25) is 0 Å². The molecule has 192 valence electrons. The third-order valence-corrected chi connectivity index (χ3v) is 7.46. The second kappa shape index (κ2) is 10.2. The van der Waals surface area contributed by atoms with Crippen LogP contribution in [0, 0.1) is 5.82 Å². The molecule has 0 aliphatic carbocycles. The monoisotopic (exact) mass is 574 g/mol. The van der Waals surface area contributed by atoms with Crippen molar-refractivity contribution in [3.63, 3.8) is 0 Å². The number of aromatic amines is 1. The molecule has 0 radical (unpaired) electrons.